The zero-order valence-corrected chi connectivity index (χ0v) is 10.2. The lowest BCUT2D eigenvalue weighted by Crippen LogP contribution is -2.22. The first kappa shape index (κ1) is 13.5. The first-order valence-corrected chi connectivity index (χ1v) is 5.66. The van der Waals surface area contributed by atoms with Gasteiger partial charge >= 0.3 is 5.97 Å². The monoisotopic (exact) mass is 200 g/mol. The Morgan fingerprint density at radius 3 is 2.21 bits per heavy atom. The second-order valence-corrected chi connectivity index (χ2v) is 4.56. The smallest absolute Gasteiger partial charge is 0.306 e. The lowest BCUT2D eigenvalue weighted by molar-refractivity contribution is -0.151. The van der Waals surface area contributed by atoms with E-state index in [1.165, 1.54) is 0 Å². The first-order valence-electron chi connectivity index (χ1n) is 5.66. The number of hydrogen-bond acceptors (Lipinski definition) is 2. The maximum Gasteiger partial charge on any atom is 0.306 e. The molecule has 0 aliphatic heterocycles. The van der Waals surface area contributed by atoms with E-state index in [1.54, 1.807) is 0 Å². The third kappa shape index (κ3) is 6.01. The van der Waals surface area contributed by atoms with Gasteiger partial charge in [0.2, 0.25) is 0 Å². The molecular formula is C12H24O2. The minimum Gasteiger partial charge on any atom is -0.462 e. The summed E-state index contributed by atoms with van der Waals surface area (Å²) >= 11 is 0. The van der Waals surface area contributed by atoms with Crippen LogP contribution in [0.2, 0.25) is 0 Å². The van der Waals surface area contributed by atoms with Crippen LogP contribution in [0.15, 0.2) is 0 Å². The summed E-state index contributed by atoms with van der Waals surface area (Å²) in [4.78, 5) is 11.4. The fraction of sp³-hybridized carbons (Fsp3) is 0.917. The van der Waals surface area contributed by atoms with Crippen LogP contribution in [0.3, 0.4) is 0 Å². The molecule has 0 saturated carbocycles. The molecule has 84 valence electrons. The fourth-order valence-electron chi connectivity index (χ4n) is 1.39. The van der Waals surface area contributed by atoms with Crippen LogP contribution in [0.1, 0.15) is 53.9 Å². The van der Waals surface area contributed by atoms with Crippen molar-refractivity contribution in [2.45, 2.75) is 60.0 Å². The van der Waals surface area contributed by atoms with Crippen LogP contribution in [0.5, 0.6) is 0 Å². The average molecular weight is 200 g/mol. The van der Waals surface area contributed by atoms with Gasteiger partial charge in [-0.15, -0.1) is 0 Å². The zero-order chi connectivity index (χ0) is 11.1. The van der Waals surface area contributed by atoms with Gasteiger partial charge in [-0.25, -0.2) is 0 Å². The van der Waals surface area contributed by atoms with Crippen LogP contribution in [0.4, 0.5) is 0 Å². The first-order chi connectivity index (χ1) is 6.47. The van der Waals surface area contributed by atoms with Crippen molar-refractivity contribution in [3.8, 4) is 0 Å². The van der Waals surface area contributed by atoms with Crippen molar-refractivity contribution >= 4 is 5.97 Å². The average Bonchev–Trinajstić information content (AvgIpc) is 2.02. The predicted molar refractivity (Wildman–Crippen MR) is 59.1 cm³/mol. The van der Waals surface area contributed by atoms with Gasteiger partial charge in [0.05, 0.1) is 0 Å². The van der Waals surface area contributed by atoms with Crippen LogP contribution in [-0.2, 0) is 9.53 Å². The Kier molecular flexibility index (Phi) is 6.60. The van der Waals surface area contributed by atoms with Crippen molar-refractivity contribution in [1.82, 2.24) is 0 Å². The molecule has 2 heteroatoms. The summed E-state index contributed by atoms with van der Waals surface area (Å²) in [5.74, 6) is 0.794. The second kappa shape index (κ2) is 6.86. The van der Waals surface area contributed by atoms with Crippen molar-refractivity contribution in [3.63, 3.8) is 0 Å². The van der Waals surface area contributed by atoms with E-state index < -0.39 is 0 Å². The maximum atomic E-state index is 11.4. The summed E-state index contributed by atoms with van der Waals surface area (Å²) < 4.78 is 5.34. The van der Waals surface area contributed by atoms with Crippen LogP contribution >= 0.6 is 0 Å². The molecule has 0 fully saturated rings. The van der Waals surface area contributed by atoms with Crippen molar-refractivity contribution in [2.75, 3.05) is 0 Å². The fourth-order valence-corrected chi connectivity index (χ4v) is 1.39. The van der Waals surface area contributed by atoms with Crippen LogP contribution in [0, 0.1) is 11.8 Å². The molecule has 0 aromatic rings. The third-order valence-corrected chi connectivity index (χ3v) is 2.44. The van der Waals surface area contributed by atoms with Crippen molar-refractivity contribution in [3.05, 3.63) is 0 Å². The Morgan fingerprint density at radius 1 is 1.21 bits per heavy atom. The standard InChI is InChI=1S/C12H24O2/c1-6-7-10(4)11(5)14-12(13)8-9(2)3/h9-11H,6-8H2,1-5H3. The highest BCUT2D eigenvalue weighted by molar-refractivity contribution is 5.69. The zero-order valence-electron chi connectivity index (χ0n) is 10.2. The summed E-state index contributed by atoms with van der Waals surface area (Å²) in [7, 11) is 0. The molecule has 2 atom stereocenters. The molecule has 0 bridgehead atoms. The maximum absolute atomic E-state index is 11.4. The van der Waals surface area contributed by atoms with E-state index in [2.05, 4.69) is 13.8 Å². The Labute approximate surface area is 88.0 Å². The van der Waals surface area contributed by atoms with Gasteiger partial charge in [0, 0.05) is 6.42 Å². The number of hydrogen-bond donors (Lipinski definition) is 0. The molecular weight excluding hydrogens is 176 g/mol. The summed E-state index contributed by atoms with van der Waals surface area (Å²) in [6.07, 6.45) is 2.85. The molecule has 0 radical (unpaired) electrons. The normalized spacial score (nSPS) is 15.3. The minimum atomic E-state index is -0.0598. The molecule has 2 unspecified atom stereocenters. The summed E-state index contributed by atoms with van der Waals surface area (Å²) in [6.45, 7) is 10.3. The van der Waals surface area contributed by atoms with E-state index in [0.29, 0.717) is 18.3 Å². The largest absolute Gasteiger partial charge is 0.462 e. The van der Waals surface area contributed by atoms with E-state index in [4.69, 9.17) is 4.74 Å². The molecule has 0 aromatic heterocycles. The Morgan fingerprint density at radius 2 is 1.79 bits per heavy atom. The van der Waals surface area contributed by atoms with Gasteiger partial charge in [0.15, 0.2) is 0 Å². The molecule has 0 aromatic carbocycles. The van der Waals surface area contributed by atoms with E-state index in [1.807, 2.05) is 20.8 Å². The summed E-state index contributed by atoms with van der Waals surface area (Å²) in [6, 6.07) is 0. The van der Waals surface area contributed by atoms with Gasteiger partial charge < -0.3 is 4.74 Å². The molecule has 0 aliphatic carbocycles. The highest BCUT2D eigenvalue weighted by Crippen LogP contribution is 2.14. The van der Waals surface area contributed by atoms with Crippen LogP contribution in [0.25, 0.3) is 0 Å². The van der Waals surface area contributed by atoms with Crippen LogP contribution in [-0.4, -0.2) is 12.1 Å². The number of esters is 1. The third-order valence-electron chi connectivity index (χ3n) is 2.44. The van der Waals surface area contributed by atoms with Gasteiger partial charge in [-0.05, 0) is 25.2 Å². The highest BCUT2D eigenvalue weighted by Gasteiger charge is 2.16. The van der Waals surface area contributed by atoms with Gasteiger partial charge in [-0.2, -0.15) is 0 Å². The molecule has 14 heavy (non-hydrogen) atoms. The topological polar surface area (TPSA) is 26.3 Å². The molecule has 0 spiro atoms. The lowest BCUT2D eigenvalue weighted by atomic mass is 10.0. The molecule has 0 saturated heterocycles. The number of rotatable bonds is 6. The molecule has 0 amide bonds. The minimum absolute atomic E-state index is 0.0567. The molecule has 0 rings (SSSR count). The number of carbonyl (C=O) groups excluding carboxylic acids is 1. The number of ether oxygens (including phenoxy) is 1. The quantitative estimate of drug-likeness (QED) is 0.614. The van der Waals surface area contributed by atoms with Crippen molar-refractivity contribution < 1.29 is 9.53 Å². The number of carbonyl (C=O) groups is 1. The Balaban J connectivity index is 3.80. The van der Waals surface area contributed by atoms with E-state index >= 15 is 0 Å². The second-order valence-electron chi connectivity index (χ2n) is 4.56. The Hall–Kier alpha value is -0.530. The molecule has 2 nitrogen and oxygen atoms in total. The SMILES string of the molecule is CCCC(C)C(C)OC(=O)CC(C)C. The van der Waals surface area contributed by atoms with E-state index in [-0.39, 0.29) is 12.1 Å². The van der Waals surface area contributed by atoms with E-state index in [0.717, 1.165) is 12.8 Å². The molecule has 0 aliphatic rings. The van der Waals surface area contributed by atoms with E-state index in [9.17, 15) is 4.79 Å². The lowest BCUT2D eigenvalue weighted by Gasteiger charge is -2.20. The van der Waals surface area contributed by atoms with Gasteiger partial charge in [-0.3, -0.25) is 4.79 Å². The van der Waals surface area contributed by atoms with Gasteiger partial charge in [-0.1, -0.05) is 34.1 Å². The van der Waals surface area contributed by atoms with Crippen LogP contribution < -0.4 is 0 Å². The van der Waals surface area contributed by atoms with Crippen molar-refractivity contribution in [2.24, 2.45) is 11.8 Å². The molecule has 0 heterocycles. The summed E-state index contributed by atoms with van der Waals surface area (Å²) in [5, 5.41) is 0. The van der Waals surface area contributed by atoms with Gasteiger partial charge in [0.1, 0.15) is 6.10 Å². The Bertz CT molecular complexity index is 164. The van der Waals surface area contributed by atoms with Crippen molar-refractivity contribution in [1.29, 1.82) is 0 Å². The molecule has 0 N–H and O–H groups in total. The summed E-state index contributed by atoms with van der Waals surface area (Å²) in [5.41, 5.74) is 0. The predicted octanol–water partition coefficient (Wildman–Crippen LogP) is 3.40. The highest BCUT2D eigenvalue weighted by atomic mass is 16.5. The van der Waals surface area contributed by atoms with Gasteiger partial charge in [0.25, 0.3) is 0 Å².